The van der Waals surface area contributed by atoms with Gasteiger partial charge in [-0.05, 0) is 75.8 Å². The molecule has 1 aromatic heterocycles. The first-order chi connectivity index (χ1) is 15.0. The number of rotatable bonds is 5. The molecular weight excluding hydrogens is 396 g/mol. The number of amides is 1. The fourth-order valence-corrected chi connectivity index (χ4v) is 5.33. The molecule has 31 heavy (non-hydrogen) atoms. The third-order valence-electron chi connectivity index (χ3n) is 7.17. The van der Waals surface area contributed by atoms with Crippen LogP contribution in [0.2, 0.25) is 0 Å². The van der Waals surface area contributed by atoms with Gasteiger partial charge in [-0.15, -0.1) is 0 Å². The van der Waals surface area contributed by atoms with Crippen molar-refractivity contribution in [2.45, 2.75) is 95.7 Å². The van der Waals surface area contributed by atoms with Crippen LogP contribution in [0.25, 0.3) is 0 Å². The van der Waals surface area contributed by atoms with Crippen LogP contribution in [-0.4, -0.2) is 40.3 Å². The Balaban J connectivity index is 1.57. The number of ether oxygens (including phenoxy) is 1. The first kappa shape index (κ1) is 22.1. The number of nitrogens with zero attached hydrogens (tertiary/aromatic N) is 1. The van der Waals surface area contributed by atoms with Gasteiger partial charge in [0.05, 0.1) is 18.6 Å². The van der Waals surface area contributed by atoms with Gasteiger partial charge in [-0.2, -0.15) is 0 Å². The Hall–Kier alpha value is -2.15. The molecule has 2 aliphatic carbocycles. The van der Waals surface area contributed by atoms with Crippen molar-refractivity contribution in [1.29, 1.82) is 0 Å². The maximum atomic E-state index is 13.4. The Labute approximate surface area is 183 Å². The highest BCUT2D eigenvalue weighted by Crippen LogP contribution is 2.25. The number of fused-ring (bicyclic) bond motifs is 1. The highest BCUT2D eigenvalue weighted by atomic mass is 16.5. The molecule has 0 radical (unpaired) electrons. The average molecular weight is 431 g/mol. The molecule has 1 aliphatic heterocycles. The minimum atomic E-state index is -0.761. The molecule has 1 aromatic rings. The molecule has 0 spiro atoms. The summed E-state index contributed by atoms with van der Waals surface area (Å²) in [7, 11) is 0. The molecule has 1 unspecified atom stereocenters. The second-order valence-corrected chi connectivity index (χ2v) is 9.36. The molecule has 7 nitrogen and oxygen atoms in total. The molecule has 7 heteroatoms. The topological polar surface area (TPSA) is 97.6 Å². The predicted octanol–water partition coefficient (Wildman–Crippen LogP) is 3.06. The normalized spacial score (nSPS) is 26.5. The first-order valence-electron chi connectivity index (χ1n) is 11.9. The van der Waals surface area contributed by atoms with Crippen LogP contribution in [0.5, 0.6) is 0 Å². The van der Waals surface area contributed by atoms with E-state index in [1.165, 1.54) is 12.8 Å². The molecule has 2 heterocycles. The van der Waals surface area contributed by atoms with Crippen molar-refractivity contribution in [2.75, 3.05) is 6.61 Å². The van der Waals surface area contributed by atoms with E-state index < -0.39 is 5.97 Å². The van der Waals surface area contributed by atoms with Crippen LogP contribution in [0, 0.1) is 5.92 Å². The van der Waals surface area contributed by atoms with Crippen LogP contribution in [0.4, 0.5) is 0 Å². The van der Waals surface area contributed by atoms with E-state index in [0.717, 1.165) is 56.4 Å². The van der Waals surface area contributed by atoms with E-state index in [9.17, 15) is 19.5 Å². The fraction of sp³-hybridized carbons (Fsp3) is 0.708. The lowest BCUT2D eigenvalue weighted by Crippen LogP contribution is -2.42. The zero-order valence-electron chi connectivity index (χ0n) is 18.2. The van der Waals surface area contributed by atoms with Gasteiger partial charge in [0.15, 0.2) is 0 Å². The average Bonchev–Trinajstić information content (AvgIpc) is 3.24. The summed E-state index contributed by atoms with van der Waals surface area (Å²) in [4.78, 5) is 37.7. The summed E-state index contributed by atoms with van der Waals surface area (Å²) in [5, 5.41) is 12.2. The van der Waals surface area contributed by atoms with E-state index in [1.54, 1.807) is 0 Å². The van der Waals surface area contributed by atoms with Gasteiger partial charge >= 0.3 is 5.97 Å². The third kappa shape index (κ3) is 5.20. The molecule has 1 saturated heterocycles. The van der Waals surface area contributed by atoms with E-state index in [-0.39, 0.29) is 35.1 Å². The largest absolute Gasteiger partial charge is 0.481 e. The van der Waals surface area contributed by atoms with Crippen molar-refractivity contribution in [2.24, 2.45) is 5.92 Å². The Morgan fingerprint density at radius 1 is 1.03 bits per heavy atom. The molecule has 3 aliphatic rings. The second-order valence-electron chi connectivity index (χ2n) is 9.36. The number of carboxylic acids is 1. The number of aliphatic carboxylic acids is 1. The monoisotopic (exact) mass is 430 g/mol. The predicted molar refractivity (Wildman–Crippen MR) is 116 cm³/mol. The van der Waals surface area contributed by atoms with Crippen LogP contribution in [0.3, 0.4) is 0 Å². The summed E-state index contributed by atoms with van der Waals surface area (Å²) in [6.45, 7) is 1.26. The molecule has 1 amide bonds. The lowest BCUT2D eigenvalue weighted by Gasteiger charge is -2.27. The first-order valence-corrected chi connectivity index (χ1v) is 11.9. The van der Waals surface area contributed by atoms with Gasteiger partial charge in [0, 0.05) is 18.3 Å². The van der Waals surface area contributed by atoms with E-state index in [1.807, 2.05) is 10.6 Å². The van der Waals surface area contributed by atoms with E-state index in [4.69, 9.17) is 4.74 Å². The number of hydrogen-bond acceptors (Lipinski definition) is 4. The summed E-state index contributed by atoms with van der Waals surface area (Å²) >= 11 is 0. The quantitative estimate of drug-likeness (QED) is 0.748. The van der Waals surface area contributed by atoms with Crippen molar-refractivity contribution in [3.05, 3.63) is 33.2 Å². The highest BCUT2D eigenvalue weighted by molar-refractivity contribution is 5.94. The molecule has 4 rings (SSSR count). The lowest BCUT2D eigenvalue weighted by molar-refractivity contribution is -0.142. The molecule has 1 atom stereocenters. The van der Waals surface area contributed by atoms with Gasteiger partial charge in [0.2, 0.25) is 0 Å². The van der Waals surface area contributed by atoms with Crippen molar-refractivity contribution in [3.8, 4) is 0 Å². The third-order valence-corrected chi connectivity index (χ3v) is 7.17. The number of carboxylic acid groups (broad SMARTS) is 1. The minimum Gasteiger partial charge on any atom is -0.481 e. The summed E-state index contributed by atoms with van der Waals surface area (Å²) in [6.07, 6.45) is 10.7. The Morgan fingerprint density at radius 2 is 1.77 bits per heavy atom. The van der Waals surface area contributed by atoms with E-state index >= 15 is 0 Å². The SMILES string of the molecule is O=C(NC1CCC(C(=O)O)CC1)c1cc2c(n(CC3CCCO3)c1=O)CCCCCC2. The van der Waals surface area contributed by atoms with Crippen molar-refractivity contribution >= 4 is 11.9 Å². The Morgan fingerprint density at radius 3 is 2.45 bits per heavy atom. The molecule has 170 valence electrons. The maximum Gasteiger partial charge on any atom is 0.306 e. The number of aryl methyl sites for hydroxylation is 1. The molecular formula is C24H34N2O5. The van der Waals surface area contributed by atoms with E-state index in [0.29, 0.717) is 32.2 Å². The molecule has 2 fully saturated rings. The van der Waals surface area contributed by atoms with Crippen molar-refractivity contribution in [1.82, 2.24) is 9.88 Å². The molecule has 0 aromatic carbocycles. The van der Waals surface area contributed by atoms with Gasteiger partial charge in [0.1, 0.15) is 5.56 Å². The van der Waals surface area contributed by atoms with Crippen LogP contribution in [-0.2, 0) is 28.9 Å². The van der Waals surface area contributed by atoms with Gasteiger partial charge < -0.3 is 19.7 Å². The number of pyridine rings is 1. The minimum absolute atomic E-state index is 0.0387. The zero-order chi connectivity index (χ0) is 21.8. The Kier molecular flexibility index (Phi) is 7.10. The molecule has 2 N–H and O–H groups in total. The number of hydrogen-bond donors (Lipinski definition) is 2. The number of nitrogens with one attached hydrogen (secondary N) is 1. The summed E-state index contributed by atoms with van der Waals surface area (Å²) in [6, 6.07) is 1.75. The van der Waals surface area contributed by atoms with Gasteiger partial charge in [0.25, 0.3) is 11.5 Å². The maximum absolute atomic E-state index is 13.4. The van der Waals surface area contributed by atoms with Crippen LogP contribution in [0.15, 0.2) is 10.9 Å². The summed E-state index contributed by atoms with van der Waals surface area (Å²) in [5.74, 6) is -1.41. The summed E-state index contributed by atoms with van der Waals surface area (Å²) < 4.78 is 7.63. The lowest BCUT2D eigenvalue weighted by atomic mass is 9.86. The van der Waals surface area contributed by atoms with Crippen LogP contribution in [0.1, 0.15) is 85.8 Å². The number of aromatic nitrogens is 1. The van der Waals surface area contributed by atoms with E-state index in [2.05, 4.69) is 5.32 Å². The standard InChI is InChI=1S/C24H34N2O5/c27-22(25-18-11-9-16(10-12-18)24(29)30)20-14-17-6-3-1-2-4-8-21(17)26(23(20)28)15-19-7-5-13-31-19/h14,16,18-19H,1-13,15H2,(H,25,27)(H,29,30). The number of carbonyl (C=O) groups excluding carboxylic acids is 1. The second kappa shape index (κ2) is 9.98. The summed E-state index contributed by atoms with van der Waals surface area (Å²) in [5.41, 5.74) is 2.21. The van der Waals surface area contributed by atoms with Gasteiger partial charge in [-0.1, -0.05) is 12.8 Å². The fourth-order valence-electron chi connectivity index (χ4n) is 5.33. The van der Waals surface area contributed by atoms with Crippen molar-refractivity contribution < 1.29 is 19.4 Å². The Bertz CT molecular complexity index is 863. The zero-order valence-corrected chi connectivity index (χ0v) is 18.2. The van der Waals surface area contributed by atoms with Crippen molar-refractivity contribution in [3.63, 3.8) is 0 Å². The number of carbonyl (C=O) groups is 2. The molecule has 0 bridgehead atoms. The van der Waals surface area contributed by atoms with Crippen LogP contribution >= 0.6 is 0 Å². The smallest absolute Gasteiger partial charge is 0.306 e. The van der Waals surface area contributed by atoms with Crippen LogP contribution < -0.4 is 10.9 Å². The van der Waals surface area contributed by atoms with Gasteiger partial charge in [-0.3, -0.25) is 14.4 Å². The van der Waals surface area contributed by atoms with Gasteiger partial charge in [-0.25, -0.2) is 0 Å². The highest BCUT2D eigenvalue weighted by Gasteiger charge is 2.29. The molecule has 1 saturated carbocycles.